The molecule has 0 aliphatic rings. The minimum atomic E-state index is -0.624. The van der Waals surface area contributed by atoms with Gasteiger partial charge in [-0.1, -0.05) is 11.6 Å². The molecule has 0 amide bonds. The van der Waals surface area contributed by atoms with E-state index in [1.54, 1.807) is 19.3 Å². The van der Waals surface area contributed by atoms with E-state index in [0.717, 1.165) is 11.6 Å². The highest BCUT2D eigenvalue weighted by Crippen LogP contribution is 2.19. The molecule has 0 fully saturated rings. The maximum atomic E-state index is 13.7. The van der Waals surface area contributed by atoms with Crippen LogP contribution < -0.4 is 5.32 Å². The van der Waals surface area contributed by atoms with Gasteiger partial charge < -0.3 is 5.32 Å². The van der Waals surface area contributed by atoms with Crippen LogP contribution >= 0.6 is 0 Å². The average Bonchev–Trinajstić information content (AvgIpc) is 2.38. The summed E-state index contributed by atoms with van der Waals surface area (Å²) in [4.78, 5) is 4.10. The Labute approximate surface area is 112 Å². The monoisotopic (exact) mass is 264 g/mol. The molecule has 0 atom stereocenters. The zero-order valence-corrected chi connectivity index (χ0v) is 11.4. The van der Waals surface area contributed by atoms with Gasteiger partial charge in [-0.05, 0) is 32.9 Å². The number of hydrogen-bond acceptors (Lipinski definition) is 2. The lowest BCUT2D eigenvalue weighted by Crippen LogP contribution is -2.09. The molecular weight excluding hydrogens is 246 g/mol. The lowest BCUT2D eigenvalue weighted by molar-refractivity contribution is 0.580. The van der Waals surface area contributed by atoms with E-state index in [2.05, 4.69) is 10.3 Å². The molecule has 0 spiro atoms. The Morgan fingerprint density at radius 2 is 2.05 bits per heavy atom. The smallest absolute Gasteiger partial charge is 0.135 e. The molecule has 0 saturated carbocycles. The number of rotatable bonds is 5. The molecule has 2 nitrogen and oxygen atoms in total. The lowest BCUT2D eigenvalue weighted by Gasteiger charge is -2.06. The van der Waals surface area contributed by atoms with Gasteiger partial charge in [-0.2, -0.15) is 0 Å². The van der Waals surface area contributed by atoms with Crippen LogP contribution in [-0.2, 0) is 0 Å². The first kappa shape index (κ1) is 15.1. The van der Waals surface area contributed by atoms with E-state index in [1.165, 1.54) is 12.1 Å². The molecule has 4 heteroatoms. The van der Waals surface area contributed by atoms with E-state index in [1.807, 2.05) is 19.9 Å². The number of nitrogens with zero attached hydrogens (tertiary/aromatic N) is 1. The van der Waals surface area contributed by atoms with E-state index in [9.17, 15) is 8.78 Å². The highest BCUT2D eigenvalue weighted by atomic mass is 19.1. The summed E-state index contributed by atoms with van der Waals surface area (Å²) in [6, 6.07) is 3.45. The minimum Gasteiger partial charge on any atom is -0.385 e. The fraction of sp³-hybridized carbons (Fsp3) is 0.267. The van der Waals surface area contributed by atoms with Crippen LogP contribution in [0.15, 0.2) is 41.0 Å². The van der Waals surface area contributed by atoms with Crippen LogP contribution in [0.3, 0.4) is 0 Å². The van der Waals surface area contributed by atoms with Crippen LogP contribution in [0, 0.1) is 11.6 Å². The van der Waals surface area contributed by atoms with Crippen molar-refractivity contribution in [3.63, 3.8) is 0 Å². The third-order valence-electron chi connectivity index (χ3n) is 2.59. The van der Waals surface area contributed by atoms with Gasteiger partial charge in [0.2, 0.25) is 0 Å². The topological polar surface area (TPSA) is 24.4 Å². The van der Waals surface area contributed by atoms with Crippen molar-refractivity contribution in [2.75, 3.05) is 6.54 Å². The van der Waals surface area contributed by atoms with Crippen molar-refractivity contribution in [3.05, 3.63) is 53.2 Å². The number of nitrogens with one attached hydrogen (secondary N) is 1. The molecule has 1 N–H and O–H groups in total. The predicted octanol–water partition coefficient (Wildman–Crippen LogP) is 3.91. The van der Waals surface area contributed by atoms with Gasteiger partial charge >= 0.3 is 0 Å². The summed E-state index contributed by atoms with van der Waals surface area (Å²) in [7, 11) is 0. The Morgan fingerprint density at radius 3 is 2.63 bits per heavy atom. The summed E-state index contributed by atoms with van der Waals surface area (Å²) in [6.07, 6.45) is 5.18. The van der Waals surface area contributed by atoms with Crippen LogP contribution in [0.2, 0.25) is 0 Å². The van der Waals surface area contributed by atoms with Crippen LogP contribution in [0.1, 0.15) is 26.3 Å². The van der Waals surface area contributed by atoms with Crippen molar-refractivity contribution < 1.29 is 8.78 Å². The molecule has 102 valence electrons. The van der Waals surface area contributed by atoms with Crippen molar-refractivity contribution in [3.8, 4) is 0 Å². The third-order valence-corrected chi connectivity index (χ3v) is 2.59. The van der Waals surface area contributed by atoms with Crippen molar-refractivity contribution in [1.29, 1.82) is 0 Å². The second-order valence-corrected chi connectivity index (χ2v) is 4.06. The Morgan fingerprint density at radius 1 is 1.32 bits per heavy atom. The SMILES string of the molecule is CC=N/C(=C\NC/C(C)=C/C)c1ccc(F)cc1F. The normalized spacial score (nSPS) is 13.1. The van der Waals surface area contributed by atoms with Gasteiger partial charge in [0.25, 0.3) is 0 Å². The lowest BCUT2D eigenvalue weighted by atomic mass is 10.1. The number of allylic oxidation sites excluding steroid dienone is 1. The Balaban J connectivity index is 2.96. The predicted molar refractivity (Wildman–Crippen MR) is 75.9 cm³/mol. The second kappa shape index (κ2) is 7.46. The quantitative estimate of drug-likeness (QED) is 0.633. The second-order valence-electron chi connectivity index (χ2n) is 4.06. The van der Waals surface area contributed by atoms with Crippen LogP contribution in [-0.4, -0.2) is 12.8 Å². The van der Waals surface area contributed by atoms with E-state index in [0.29, 0.717) is 12.2 Å². The van der Waals surface area contributed by atoms with Crippen LogP contribution in [0.25, 0.3) is 5.70 Å². The van der Waals surface area contributed by atoms with Gasteiger partial charge in [0, 0.05) is 30.6 Å². The summed E-state index contributed by atoms with van der Waals surface area (Å²) in [5, 5.41) is 3.06. The summed E-state index contributed by atoms with van der Waals surface area (Å²) in [5.41, 5.74) is 1.87. The molecule has 0 bridgehead atoms. The molecule has 1 aromatic carbocycles. The van der Waals surface area contributed by atoms with E-state index >= 15 is 0 Å². The zero-order chi connectivity index (χ0) is 14.3. The van der Waals surface area contributed by atoms with Crippen molar-refractivity contribution in [1.82, 2.24) is 5.32 Å². The maximum Gasteiger partial charge on any atom is 0.135 e. The molecule has 0 heterocycles. The van der Waals surface area contributed by atoms with E-state index < -0.39 is 11.6 Å². The van der Waals surface area contributed by atoms with Gasteiger partial charge in [-0.3, -0.25) is 4.99 Å². The molecule has 1 rings (SSSR count). The summed E-state index contributed by atoms with van der Waals surface area (Å²) >= 11 is 0. The van der Waals surface area contributed by atoms with E-state index in [4.69, 9.17) is 0 Å². The van der Waals surface area contributed by atoms with E-state index in [-0.39, 0.29) is 5.56 Å². The number of aliphatic imine (C=N–C) groups is 1. The van der Waals surface area contributed by atoms with Crippen molar-refractivity contribution >= 4 is 11.9 Å². The first-order valence-electron chi connectivity index (χ1n) is 6.08. The number of hydrogen-bond donors (Lipinski definition) is 1. The molecule has 0 aromatic heterocycles. The summed E-state index contributed by atoms with van der Waals surface area (Å²) in [6.45, 7) is 6.34. The molecule has 0 aliphatic heterocycles. The molecule has 19 heavy (non-hydrogen) atoms. The molecule has 0 aliphatic carbocycles. The Kier molecular flexibility index (Phi) is 5.93. The maximum absolute atomic E-state index is 13.7. The number of halogens is 2. The fourth-order valence-electron chi connectivity index (χ4n) is 1.43. The van der Waals surface area contributed by atoms with Crippen molar-refractivity contribution in [2.45, 2.75) is 20.8 Å². The van der Waals surface area contributed by atoms with Gasteiger partial charge in [0.15, 0.2) is 0 Å². The first-order chi connectivity index (χ1) is 9.08. The summed E-state index contributed by atoms with van der Waals surface area (Å²) in [5.74, 6) is -1.22. The summed E-state index contributed by atoms with van der Waals surface area (Å²) < 4.78 is 26.6. The van der Waals surface area contributed by atoms with Gasteiger partial charge in [0.1, 0.15) is 11.6 Å². The molecule has 0 radical (unpaired) electrons. The average molecular weight is 264 g/mol. The van der Waals surface area contributed by atoms with Crippen LogP contribution in [0.5, 0.6) is 0 Å². The zero-order valence-electron chi connectivity index (χ0n) is 11.4. The molecular formula is C15H18F2N2. The third kappa shape index (κ3) is 4.66. The van der Waals surface area contributed by atoms with Gasteiger partial charge in [0.05, 0.1) is 5.70 Å². The largest absolute Gasteiger partial charge is 0.385 e. The highest BCUT2D eigenvalue weighted by molar-refractivity contribution is 5.72. The van der Waals surface area contributed by atoms with Gasteiger partial charge in [-0.15, -0.1) is 0 Å². The minimum absolute atomic E-state index is 0.269. The Bertz CT molecular complexity index is 517. The number of benzene rings is 1. The molecule has 1 aromatic rings. The standard InChI is InChI=1S/C15H18F2N2/c1-4-11(3)9-18-10-15(19-5-2)13-7-6-12(16)8-14(13)17/h4-8,10,18H,9H2,1-3H3/b11-4+,15-10-,19-5?. The first-order valence-corrected chi connectivity index (χ1v) is 6.08. The van der Waals surface area contributed by atoms with Gasteiger partial charge in [-0.25, -0.2) is 8.78 Å². The highest BCUT2D eigenvalue weighted by Gasteiger charge is 2.07. The van der Waals surface area contributed by atoms with Crippen molar-refractivity contribution in [2.24, 2.45) is 4.99 Å². The van der Waals surface area contributed by atoms with Crippen LogP contribution in [0.4, 0.5) is 8.78 Å². The molecule has 0 saturated heterocycles. The molecule has 0 unspecified atom stereocenters. The Hall–Kier alpha value is -1.97. The fourth-order valence-corrected chi connectivity index (χ4v) is 1.43.